The second kappa shape index (κ2) is 5.33. The Morgan fingerprint density at radius 2 is 2.00 bits per heavy atom. The summed E-state index contributed by atoms with van der Waals surface area (Å²) in [5.41, 5.74) is 1.20. The lowest BCUT2D eigenvalue weighted by molar-refractivity contribution is -0.131. The van der Waals surface area contributed by atoms with Crippen LogP contribution in [0, 0.1) is 5.92 Å². The third kappa shape index (κ3) is 2.52. The van der Waals surface area contributed by atoms with Crippen LogP contribution in [0.25, 0.3) is 0 Å². The van der Waals surface area contributed by atoms with Gasteiger partial charge in [0.2, 0.25) is 5.91 Å². The van der Waals surface area contributed by atoms with E-state index in [1.54, 1.807) is 0 Å². The van der Waals surface area contributed by atoms with E-state index in [0.717, 1.165) is 18.8 Å². The Morgan fingerprint density at radius 1 is 1.21 bits per heavy atom. The quantitative estimate of drug-likeness (QED) is 0.884. The second-order valence-electron chi connectivity index (χ2n) is 5.92. The van der Waals surface area contributed by atoms with Crippen LogP contribution in [-0.2, 0) is 4.79 Å². The fraction of sp³-hybridized carbons (Fsp3) is 0.562. The summed E-state index contributed by atoms with van der Waals surface area (Å²) in [6.45, 7) is 2.78. The number of rotatable bonds is 2. The van der Waals surface area contributed by atoms with Gasteiger partial charge in [0.1, 0.15) is 6.17 Å². The van der Waals surface area contributed by atoms with E-state index in [1.165, 1.54) is 18.4 Å². The Kier molecular flexibility index (Phi) is 3.56. The summed E-state index contributed by atoms with van der Waals surface area (Å²) in [4.78, 5) is 14.3. The molecule has 3 heteroatoms. The third-order valence-corrected chi connectivity index (χ3v) is 4.43. The molecule has 1 amide bonds. The molecule has 1 saturated carbocycles. The summed E-state index contributed by atoms with van der Waals surface area (Å²) >= 11 is 0. The first kappa shape index (κ1) is 12.7. The first-order chi connectivity index (χ1) is 9.25. The molecule has 3 unspecified atom stereocenters. The minimum absolute atomic E-state index is 0.0731. The molecule has 1 aliphatic carbocycles. The lowest BCUT2D eigenvalue weighted by Crippen LogP contribution is -2.42. The summed E-state index contributed by atoms with van der Waals surface area (Å²) in [6, 6.07) is 10.7. The molecule has 0 spiro atoms. The molecule has 3 rings (SSSR count). The topological polar surface area (TPSA) is 32.3 Å². The third-order valence-electron chi connectivity index (χ3n) is 4.43. The lowest BCUT2D eigenvalue weighted by Gasteiger charge is -2.37. The van der Waals surface area contributed by atoms with Crippen LogP contribution in [0.2, 0.25) is 0 Å². The van der Waals surface area contributed by atoms with Crippen LogP contribution in [-0.4, -0.2) is 23.4 Å². The highest BCUT2D eigenvalue weighted by Gasteiger charge is 2.37. The maximum atomic E-state index is 12.2. The van der Waals surface area contributed by atoms with Crippen LogP contribution >= 0.6 is 0 Å². The summed E-state index contributed by atoms with van der Waals surface area (Å²) in [5.74, 6) is 0.997. The molecule has 0 radical (unpaired) electrons. The van der Waals surface area contributed by atoms with Crippen molar-refractivity contribution in [3.63, 3.8) is 0 Å². The Bertz CT molecular complexity index is 445. The fourth-order valence-corrected chi connectivity index (χ4v) is 3.50. The van der Waals surface area contributed by atoms with Gasteiger partial charge in [-0.3, -0.25) is 10.1 Å². The molecular weight excluding hydrogens is 236 g/mol. The van der Waals surface area contributed by atoms with Crippen LogP contribution in [0.1, 0.15) is 44.3 Å². The van der Waals surface area contributed by atoms with E-state index in [2.05, 4.69) is 29.3 Å². The highest BCUT2D eigenvalue weighted by Crippen LogP contribution is 2.33. The number of carbonyl (C=O) groups excluding carboxylic acids is 1. The molecule has 102 valence electrons. The van der Waals surface area contributed by atoms with Gasteiger partial charge in [-0.05, 0) is 24.3 Å². The van der Waals surface area contributed by atoms with Crippen molar-refractivity contribution in [1.82, 2.24) is 10.2 Å². The van der Waals surface area contributed by atoms with Crippen LogP contribution in [0.4, 0.5) is 0 Å². The molecule has 1 N–H and O–H groups in total. The molecule has 0 aromatic heterocycles. The number of nitrogens with zero attached hydrogens (tertiary/aromatic N) is 1. The second-order valence-corrected chi connectivity index (χ2v) is 5.92. The predicted octanol–water partition coefficient (Wildman–Crippen LogP) is 2.70. The first-order valence-electron chi connectivity index (χ1n) is 7.35. The van der Waals surface area contributed by atoms with E-state index in [9.17, 15) is 4.79 Å². The lowest BCUT2D eigenvalue weighted by atomic mass is 9.86. The van der Waals surface area contributed by atoms with Crippen LogP contribution < -0.4 is 5.32 Å². The average Bonchev–Trinajstić information content (AvgIpc) is 2.82. The minimum Gasteiger partial charge on any atom is -0.319 e. The van der Waals surface area contributed by atoms with Gasteiger partial charge in [-0.25, -0.2) is 0 Å². The van der Waals surface area contributed by atoms with Crippen molar-refractivity contribution < 1.29 is 4.79 Å². The highest BCUT2D eigenvalue weighted by atomic mass is 16.2. The smallest absolute Gasteiger partial charge is 0.238 e. The SMILES string of the molecule is CC1CCCC(N2C(=O)CNC2c2ccccc2)C1. The van der Waals surface area contributed by atoms with E-state index < -0.39 is 0 Å². The number of amides is 1. The fourth-order valence-electron chi connectivity index (χ4n) is 3.50. The van der Waals surface area contributed by atoms with Gasteiger partial charge in [-0.2, -0.15) is 0 Å². The van der Waals surface area contributed by atoms with Gasteiger partial charge in [0.15, 0.2) is 0 Å². The van der Waals surface area contributed by atoms with Gasteiger partial charge in [-0.1, -0.05) is 50.1 Å². The van der Waals surface area contributed by atoms with Gasteiger partial charge in [0.05, 0.1) is 6.54 Å². The van der Waals surface area contributed by atoms with Crippen LogP contribution in [0.15, 0.2) is 30.3 Å². The zero-order chi connectivity index (χ0) is 13.2. The standard InChI is InChI=1S/C16H22N2O/c1-12-6-5-9-14(10-12)18-15(19)11-17-16(18)13-7-3-2-4-8-13/h2-4,7-8,12,14,16-17H,5-6,9-11H2,1H3. The van der Waals surface area contributed by atoms with Crippen molar-refractivity contribution in [3.8, 4) is 0 Å². The highest BCUT2D eigenvalue weighted by molar-refractivity contribution is 5.81. The molecule has 3 nitrogen and oxygen atoms in total. The Hall–Kier alpha value is -1.35. The Morgan fingerprint density at radius 3 is 2.74 bits per heavy atom. The van der Waals surface area contributed by atoms with E-state index in [-0.39, 0.29) is 12.1 Å². The molecule has 2 aliphatic rings. The molecule has 1 aromatic carbocycles. The van der Waals surface area contributed by atoms with Crippen molar-refractivity contribution in [2.24, 2.45) is 5.92 Å². The molecule has 1 aliphatic heterocycles. The van der Waals surface area contributed by atoms with Crippen molar-refractivity contribution in [2.75, 3.05) is 6.54 Å². The largest absolute Gasteiger partial charge is 0.319 e. The number of hydrogen-bond donors (Lipinski definition) is 1. The number of hydrogen-bond acceptors (Lipinski definition) is 2. The Balaban J connectivity index is 1.82. The van der Waals surface area contributed by atoms with Crippen molar-refractivity contribution in [1.29, 1.82) is 0 Å². The summed E-state index contributed by atoms with van der Waals surface area (Å²) in [7, 11) is 0. The summed E-state index contributed by atoms with van der Waals surface area (Å²) in [5, 5.41) is 3.36. The van der Waals surface area contributed by atoms with E-state index in [4.69, 9.17) is 0 Å². The molecule has 1 saturated heterocycles. The summed E-state index contributed by atoms with van der Waals surface area (Å²) < 4.78 is 0. The number of carbonyl (C=O) groups is 1. The molecule has 3 atom stereocenters. The first-order valence-corrected chi connectivity index (χ1v) is 7.35. The van der Waals surface area contributed by atoms with Gasteiger partial charge in [0, 0.05) is 6.04 Å². The van der Waals surface area contributed by atoms with E-state index in [1.807, 2.05) is 18.2 Å². The van der Waals surface area contributed by atoms with Crippen LogP contribution in [0.3, 0.4) is 0 Å². The van der Waals surface area contributed by atoms with Crippen molar-refractivity contribution >= 4 is 5.91 Å². The normalized spacial score (nSPS) is 31.7. The molecule has 19 heavy (non-hydrogen) atoms. The van der Waals surface area contributed by atoms with Crippen molar-refractivity contribution in [3.05, 3.63) is 35.9 Å². The molecule has 0 bridgehead atoms. The maximum absolute atomic E-state index is 12.2. The summed E-state index contributed by atoms with van der Waals surface area (Å²) in [6.07, 6.45) is 4.93. The Labute approximate surface area is 115 Å². The molecular formula is C16H22N2O. The van der Waals surface area contributed by atoms with Gasteiger partial charge < -0.3 is 4.90 Å². The molecule has 1 heterocycles. The number of nitrogens with one attached hydrogen (secondary N) is 1. The van der Waals surface area contributed by atoms with Gasteiger partial charge >= 0.3 is 0 Å². The average molecular weight is 258 g/mol. The van der Waals surface area contributed by atoms with Gasteiger partial charge in [-0.15, -0.1) is 0 Å². The zero-order valence-electron chi connectivity index (χ0n) is 11.5. The maximum Gasteiger partial charge on any atom is 0.238 e. The zero-order valence-corrected chi connectivity index (χ0v) is 11.5. The van der Waals surface area contributed by atoms with E-state index >= 15 is 0 Å². The van der Waals surface area contributed by atoms with Crippen LogP contribution in [0.5, 0.6) is 0 Å². The molecule has 2 fully saturated rings. The molecule has 1 aromatic rings. The minimum atomic E-state index is 0.0731. The van der Waals surface area contributed by atoms with Crippen molar-refractivity contribution in [2.45, 2.75) is 44.8 Å². The number of benzene rings is 1. The monoisotopic (exact) mass is 258 g/mol. The van der Waals surface area contributed by atoms with Gasteiger partial charge in [0.25, 0.3) is 0 Å². The van der Waals surface area contributed by atoms with E-state index in [0.29, 0.717) is 12.6 Å². The predicted molar refractivity (Wildman–Crippen MR) is 75.5 cm³/mol.